The van der Waals surface area contributed by atoms with Crippen LogP contribution in [0.15, 0.2) is 0 Å². The molecule has 7 heteroatoms. The number of aliphatic carboxylic acids is 1. The van der Waals surface area contributed by atoms with Crippen molar-refractivity contribution in [1.29, 1.82) is 0 Å². The number of carboxylic acid groups (broad SMARTS) is 1. The maximum atomic E-state index is 13.0. The second kappa shape index (κ2) is 10.5. The van der Waals surface area contributed by atoms with Gasteiger partial charge in [-0.05, 0) is 57.8 Å². The van der Waals surface area contributed by atoms with E-state index >= 15 is 0 Å². The van der Waals surface area contributed by atoms with Crippen molar-refractivity contribution in [3.63, 3.8) is 0 Å². The molecular weight excluding hydrogens is 384 g/mol. The summed E-state index contributed by atoms with van der Waals surface area (Å²) in [6.45, 7) is 6.04. The van der Waals surface area contributed by atoms with Crippen molar-refractivity contribution in [1.82, 2.24) is 10.2 Å². The Labute approximate surface area is 180 Å². The van der Waals surface area contributed by atoms with E-state index in [9.17, 15) is 19.5 Å². The number of hydrogen-bond donors (Lipinski definition) is 2. The van der Waals surface area contributed by atoms with E-state index in [2.05, 4.69) is 5.32 Å². The second-order valence-electron chi connectivity index (χ2n) is 10.4. The fourth-order valence-corrected chi connectivity index (χ4v) is 5.06. The molecule has 0 bridgehead atoms. The largest absolute Gasteiger partial charge is 0.481 e. The third-order valence-electron chi connectivity index (χ3n) is 6.42. The van der Waals surface area contributed by atoms with Crippen LogP contribution in [-0.4, -0.2) is 53.2 Å². The molecule has 0 aromatic heterocycles. The molecule has 2 fully saturated rings. The van der Waals surface area contributed by atoms with Crippen molar-refractivity contribution < 1.29 is 24.2 Å². The van der Waals surface area contributed by atoms with Gasteiger partial charge in [0.15, 0.2) is 0 Å². The topological polar surface area (TPSA) is 95.9 Å². The summed E-state index contributed by atoms with van der Waals surface area (Å²) in [5, 5.41) is 12.3. The van der Waals surface area contributed by atoms with Gasteiger partial charge in [0.25, 0.3) is 0 Å². The summed E-state index contributed by atoms with van der Waals surface area (Å²) < 4.78 is 5.49. The number of hydrogen-bond acceptors (Lipinski definition) is 4. The fourth-order valence-electron chi connectivity index (χ4n) is 5.06. The van der Waals surface area contributed by atoms with Gasteiger partial charge in [0.05, 0.1) is 6.42 Å². The van der Waals surface area contributed by atoms with Crippen molar-refractivity contribution in [3.8, 4) is 0 Å². The Kier molecular flexibility index (Phi) is 8.56. The molecule has 172 valence electrons. The average molecular weight is 425 g/mol. The Morgan fingerprint density at radius 2 is 1.70 bits per heavy atom. The molecule has 2 unspecified atom stereocenters. The van der Waals surface area contributed by atoms with Crippen LogP contribution in [0.4, 0.5) is 4.79 Å². The summed E-state index contributed by atoms with van der Waals surface area (Å²) in [4.78, 5) is 38.3. The zero-order valence-corrected chi connectivity index (χ0v) is 19.2. The molecule has 30 heavy (non-hydrogen) atoms. The third-order valence-corrected chi connectivity index (χ3v) is 6.42. The number of nitrogens with zero attached hydrogens (tertiary/aromatic N) is 1. The minimum absolute atomic E-state index is 0.00643. The average Bonchev–Trinajstić information content (AvgIpc) is 2.62. The predicted molar refractivity (Wildman–Crippen MR) is 115 cm³/mol. The van der Waals surface area contributed by atoms with E-state index in [1.54, 1.807) is 11.9 Å². The molecule has 7 nitrogen and oxygen atoms in total. The first-order chi connectivity index (χ1) is 14.0. The maximum Gasteiger partial charge on any atom is 0.410 e. The molecule has 2 saturated carbocycles. The summed E-state index contributed by atoms with van der Waals surface area (Å²) in [7, 11) is 1.74. The van der Waals surface area contributed by atoms with E-state index in [1.807, 2.05) is 20.8 Å². The van der Waals surface area contributed by atoms with E-state index in [0.29, 0.717) is 13.0 Å². The molecule has 0 aromatic carbocycles. The summed E-state index contributed by atoms with van der Waals surface area (Å²) in [5.74, 6) is -0.812. The number of rotatable bonds is 7. The SMILES string of the molecule is CN(CC1(CC(=O)NC2CCCCC2CC(=O)O)CCCCC1)C(=O)OC(C)(C)C. The lowest BCUT2D eigenvalue weighted by molar-refractivity contribution is -0.139. The van der Waals surface area contributed by atoms with Crippen LogP contribution in [0.3, 0.4) is 0 Å². The molecule has 2 atom stereocenters. The van der Waals surface area contributed by atoms with Gasteiger partial charge in [-0.1, -0.05) is 32.1 Å². The number of carboxylic acids is 1. The highest BCUT2D eigenvalue weighted by molar-refractivity contribution is 5.77. The van der Waals surface area contributed by atoms with Crippen molar-refractivity contribution in [2.75, 3.05) is 13.6 Å². The van der Waals surface area contributed by atoms with Crippen LogP contribution in [-0.2, 0) is 14.3 Å². The number of nitrogens with one attached hydrogen (secondary N) is 1. The summed E-state index contributed by atoms with van der Waals surface area (Å²) in [6, 6.07) is -0.0634. The second-order valence-corrected chi connectivity index (χ2v) is 10.4. The van der Waals surface area contributed by atoms with Crippen LogP contribution in [0.5, 0.6) is 0 Å². The molecule has 2 N–H and O–H groups in total. The first-order valence-corrected chi connectivity index (χ1v) is 11.4. The van der Waals surface area contributed by atoms with Crippen LogP contribution in [0.2, 0.25) is 0 Å². The molecule has 0 radical (unpaired) electrons. The van der Waals surface area contributed by atoms with E-state index in [0.717, 1.165) is 57.8 Å². The molecule has 0 aliphatic heterocycles. The Hall–Kier alpha value is -1.79. The minimum atomic E-state index is -0.802. The minimum Gasteiger partial charge on any atom is -0.481 e. The highest BCUT2D eigenvalue weighted by Gasteiger charge is 2.38. The lowest BCUT2D eigenvalue weighted by Gasteiger charge is -2.40. The number of amides is 2. The lowest BCUT2D eigenvalue weighted by atomic mass is 9.71. The van der Waals surface area contributed by atoms with E-state index in [-0.39, 0.29) is 35.8 Å². The zero-order valence-electron chi connectivity index (χ0n) is 19.2. The van der Waals surface area contributed by atoms with Crippen LogP contribution in [0, 0.1) is 11.3 Å². The predicted octanol–water partition coefficient (Wildman–Crippen LogP) is 4.34. The van der Waals surface area contributed by atoms with Gasteiger partial charge in [0.2, 0.25) is 5.91 Å². The van der Waals surface area contributed by atoms with Crippen LogP contribution in [0.1, 0.15) is 91.4 Å². The maximum absolute atomic E-state index is 13.0. The molecule has 0 saturated heterocycles. The van der Waals surface area contributed by atoms with Crippen molar-refractivity contribution in [2.45, 2.75) is 103 Å². The van der Waals surface area contributed by atoms with Crippen molar-refractivity contribution in [2.24, 2.45) is 11.3 Å². The number of carbonyl (C=O) groups excluding carboxylic acids is 2. The Morgan fingerprint density at radius 1 is 1.07 bits per heavy atom. The van der Waals surface area contributed by atoms with Gasteiger partial charge in [-0.15, -0.1) is 0 Å². The first kappa shape index (κ1) is 24.5. The summed E-state index contributed by atoms with van der Waals surface area (Å²) >= 11 is 0. The number of ether oxygens (including phenoxy) is 1. The summed E-state index contributed by atoms with van der Waals surface area (Å²) in [5.41, 5.74) is -0.798. The highest BCUT2D eigenvalue weighted by atomic mass is 16.6. The normalized spacial score (nSPS) is 24.0. The molecule has 2 aliphatic rings. The van der Waals surface area contributed by atoms with Gasteiger partial charge < -0.3 is 20.1 Å². The molecule has 2 rings (SSSR count). The van der Waals surface area contributed by atoms with E-state index < -0.39 is 11.6 Å². The molecular formula is C23H40N2O5. The smallest absolute Gasteiger partial charge is 0.410 e. The Bertz CT molecular complexity index is 607. The quantitative estimate of drug-likeness (QED) is 0.634. The van der Waals surface area contributed by atoms with Crippen molar-refractivity contribution in [3.05, 3.63) is 0 Å². The van der Waals surface area contributed by atoms with Gasteiger partial charge in [-0.3, -0.25) is 9.59 Å². The molecule has 0 spiro atoms. The first-order valence-electron chi connectivity index (χ1n) is 11.4. The third kappa shape index (κ3) is 7.80. The number of carbonyl (C=O) groups is 3. The van der Waals surface area contributed by atoms with E-state index in [1.165, 1.54) is 0 Å². The van der Waals surface area contributed by atoms with Gasteiger partial charge >= 0.3 is 12.1 Å². The molecule has 0 aromatic rings. The summed E-state index contributed by atoms with van der Waals surface area (Å²) in [6.07, 6.45) is 8.95. The molecule has 0 heterocycles. The van der Waals surface area contributed by atoms with Gasteiger partial charge in [-0.2, -0.15) is 0 Å². The lowest BCUT2D eigenvalue weighted by Crippen LogP contribution is -2.47. The van der Waals surface area contributed by atoms with Gasteiger partial charge in [-0.25, -0.2) is 4.79 Å². The molecule has 2 amide bonds. The molecule has 2 aliphatic carbocycles. The van der Waals surface area contributed by atoms with Gasteiger partial charge in [0, 0.05) is 26.1 Å². The zero-order chi connectivity index (χ0) is 22.4. The van der Waals surface area contributed by atoms with Crippen LogP contribution in [0.25, 0.3) is 0 Å². The van der Waals surface area contributed by atoms with E-state index in [4.69, 9.17) is 4.74 Å². The Morgan fingerprint density at radius 3 is 2.30 bits per heavy atom. The van der Waals surface area contributed by atoms with Gasteiger partial charge in [0.1, 0.15) is 5.60 Å². The van der Waals surface area contributed by atoms with Crippen LogP contribution < -0.4 is 5.32 Å². The highest BCUT2D eigenvalue weighted by Crippen LogP contribution is 2.40. The monoisotopic (exact) mass is 424 g/mol. The standard InChI is InChI=1S/C23H40N2O5/c1-22(2,3)30-21(29)25(4)16-23(12-8-5-9-13-23)15-19(26)24-18-11-7-6-10-17(18)14-20(27)28/h17-18H,5-16H2,1-4H3,(H,24,26)(H,27,28). The fraction of sp³-hybridized carbons (Fsp3) is 0.870. The Balaban J connectivity index is 2.01. The van der Waals surface area contributed by atoms with Crippen LogP contribution >= 0.6 is 0 Å². The van der Waals surface area contributed by atoms with Crippen molar-refractivity contribution >= 4 is 18.0 Å².